The number of hydrogen-bond acceptors (Lipinski definition) is 14. The monoisotopic (exact) mass is 1010 g/mol. The molecule has 0 spiro atoms. The van der Waals surface area contributed by atoms with Crippen molar-refractivity contribution in [2.45, 2.75) is 37.8 Å². The third kappa shape index (κ3) is 13.8. The molecule has 4 heterocycles. The van der Waals surface area contributed by atoms with Gasteiger partial charge in [0.15, 0.2) is 0 Å². The van der Waals surface area contributed by atoms with Crippen LogP contribution in [0.2, 0.25) is 0 Å². The van der Waals surface area contributed by atoms with Crippen molar-refractivity contribution < 1.29 is 45.0 Å². The third-order valence-corrected chi connectivity index (χ3v) is 12.2. The molecular formula is C44H52Cl2N10O10S2. The summed E-state index contributed by atoms with van der Waals surface area (Å²) < 4.78 is 56.2. The van der Waals surface area contributed by atoms with Crippen molar-refractivity contribution in [1.82, 2.24) is 28.9 Å². The number of benzene rings is 4. The lowest BCUT2D eigenvalue weighted by Crippen LogP contribution is -2.46. The topological polar surface area (TPSA) is 262 Å². The van der Waals surface area contributed by atoms with Gasteiger partial charge in [-0.05, 0) is 123 Å². The lowest BCUT2D eigenvalue weighted by molar-refractivity contribution is 0.181. The van der Waals surface area contributed by atoms with Gasteiger partial charge in [0.2, 0.25) is 0 Å². The van der Waals surface area contributed by atoms with Crippen LogP contribution in [0.5, 0.6) is 23.0 Å². The number of piperidine rings is 2. The first kappa shape index (κ1) is 52.4. The number of phenols is 2. The van der Waals surface area contributed by atoms with E-state index < -0.39 is 20.6 Å². The summed E-state index contributed by atoms with van der Waals surface area (Å²) >= 11 is 0. The highest BCUT2D eigenvalue weighted by Gasteiger charge is 2.28. The number of imidazole rings is 2. The standard InChI is InChI=1S/2C22H25N5O5S.2ClH/c2*1-25(17-10-12-26(13-11-17)18-4-6-19(28)7-5-18)22(29)27-14-21(24-15-27)16-2-8-20(9-3-16)32-33(23,30)31;;/h2*2-9,14-15,17,28H,10-13H2,1H3,(H2,23,30,31);2*1H. The molecule has 2 fully saturated rings. The Morgan fingerprint density at radius 2 is 0.868 bits per heavy atom. The molecule has 0 atom stereocenters. The Hall–Kier alpha value is -6.56. The fourth-order valence-corrected chi connectivity index (χ4v) is 8.57. The number of rotatable bonds is 10. The number of phenolic OH excluding ortho intramolecular Hbond substituents is 2. The van der Waals surface area contributed by atoms with Crippen molar-refractivity contribution in [1.29, 1.82) is 0 Å². The number of nitrogens with zero attached hydrogens (tertiary/aromatic N) is 8. The average molecular weight is 1020 g/mol. The molecule has 2 saturated heterocycles. The van der Waals surface area contributed by atoms with Gasteiger partial charge < -0.3 is 38.2 Å². The molecule has 2 aliphatic rings. The van der Waals surface area contributed by atoms with Crippen LogP contribution in [0.4, 0.5) is 21.0 Å². The third-order valence-electron chi connectivity index (χ3n) is 11.4. The van der Waals surface area contributed by atoms with Crippen LogP contribution >= 0.6 is 24.8 Å². The Morgan fingerprint density at radius 3 is 1.16 bits per heavy atom. The maximum atomic E-state index is 13.0. The molecule has 2 aromatic heterocycles. The zero-order valence-electron chi connectivity index (χ0n) is 36.9. The molecule has 68 heavy (non-hydrogen) atoms. The quantitative estimate of drug-likeness (QED) is 0.129. The average Bonchev–Trinajstić information content (AvgIpc) is 4.00. The molecule has 0 aliphatic carbocycles. The Labute approximate surface area is 406 Å². The van der Waals surface area contributed by atoms with Crippen molar-refractivity contribution in [2.24, 2.45) is 10.3 Å². The summed E-state index contributed by atoms with van der Waals surface area (Å²) in [6.07, 6.45) is 9.53. The zero-order chi connectivity index (χ0) is 47.2. The van der Waals surface area contributed by atoms with E-state index in [0.717, 1.165) is 63.2 Å². The number of anilines is 2. The molecule has 2 aliphatic heterocycles. The highest BCUT2D eigenvalue weighted by Crippen LogP contribution is 2.28. The Kier molecular flexibility index (Phi) is 17.3. The van der Waals surface area contributed by atoms with Crippen LogP contribution in [0, 0.1) is 0 Å². The van der Waals surface area contributed by atoms with Crippen molar-refractivity contribution in [3.8, 4) is 45.5 Å². The fraction of sp³-hybridized carbons (Fsp3) is 0.273. The minimum atomic E-state index is -4.09. The number of aromatic hydroxyl groups is 2. The number of carbonyl (C=O) groups is 2. The van der Waals surface area contributed by atoms with E-state index in [1.165, 1.54) is 46.1 Å². The van der Waals surface area contributed by atoms with Gasteiger partial charge in [-0.15, -0.1) is 24.8 Å². The minimum absolute atomic E-state index is 0. The van der Waals surface area contributed by atoms with Gasteiger partial charge in [0.05, 0.1) is 11.4 Å². The number of amides is 2. The molecule has 24 heteroatoms. The molecule has 20 nitrogen and oxygen atoms in total. The molecule has 2 amide bonds. The zero-order valence-corrected chi connectivity index (χ0v) is 40.2. The van der Waals surface area contributed by atoms with E-state index in [-0.39, 0.29) is 72.0 Å². The van der Waals surface area contributed by atoms with Crippen LogP contribution in [0.1, 0.15) is 25.7 Å². The first-order valence-electron chi connectivity index (χ1n) is 20.7. The van der Waals surface area contributed by atoms with Gasteiger partial charge >= 0.3 is 32.7 Å². The second-order valence-electron chi connectivity index (χ2n) is 15.8. The van der Waals surface area contributed by atoms with E-state index >= 15 is 0 Å². The molecule has 0 bridgehead atoms. The van der Waals surface area contributed by atoms with E-state index in [4.69, 9.17) is 10.3 Å². The number of carbonyl (C=O) groups excluding carboxylic acids is 2. The van der Waals surface area contributed by atoms with Gasteiger partial charge in [0.1, 0.15) is 35.7 Å². The lowest BCUT2D eigenvalue weighted by atomic mass is 10.0. The van der Waals surface area contributed by atoms with Crippen LogP contribution in [-0.4, -0.2) is 120 Å². The van der Waals surface area contributed by atoms with Crippen LogP contribution < -0.4 is 28.4 Å². The smallest absolute Gasteiger partial charge is 0.380 e. The van der Waals surface area contributed by atoms with E-state index in [2.05, 4.69) is 28.1 Å². The molecule has 8 rings (SSSR count). The summed E-state index contributed by atoms with van der Waals surface area (Å²) in [5.74, 6) is 0.670. The highest BCUT2D eigenvalue weighted by molar-refractivity contribution is 7.85. The summed E-state index contributed by atoms with van der Waals surface area (Å²) in [5.41, 5.74) is 4.66. The van der Waals surface area contributed by atoms with Gasteiger partial charge in [-0.25, -0.2) is 19.6 Å². The van der Waals surface area contributed by atoms with Crippen LogP contribution in [-0.2, 0) is 20.6 Å². The Balaban J connectivity index is 0.000000247. The minimum Gasteiger partial charge on any atom is -0.508 e. The predicted molar refractivity (Wildman–Crippen MR) is 261 cm³/mol. The summed E-state index contributed by atoms with van der Waals surface area (Å²) in [5, 5.41) is 28.7. The summed E-state index contributed by atoms with van der Waals surface area (Å²) in [7, 11) is -4.58. The first-order valence-corrected chi connectivity index (χ1v) is 23.7. The van der Waals surface area contributed by atoms with Gasteiger partial charge in [-0.1, -0.05) is 0 Å². The van der Waals surface area contributed by atoms with Gasteiger partial charge in [-0.2, -0.15) is 27.1 Å². The van der Waals surface area contributed by atoms with Crippen molar-refractivity contribution in [3.05, 3.63) is 122 Å². The van der Waals surface area contributed by atoms with Gasteiger partial charge in [-0.3, -0.25) is 9.13 Å². The summed E-state index contributed by atoms with van der Waals surface area (Å²) in [6.45, 7) is 3.26. The van der Waals surface area contributed by atoms with Crippen LogP contribution in [0.15, 0.2) is 122 Å². The second-order valence-corrected chi connectivity index (χ2v) is 18.1. The number of hydrogen-bond donors (Lipinski definition) is 4. The maximum Gasteiger partial charge on any atom is 0.380 e. The molecule has 0 unspecified atom stereocenters. The molecule has 6 N–H and O–H groups in total. The molecule has 0 saturated carbocycles. The molecule has 0 radical (unpaired) electrons. The lowest BCUT2D eigenvalue weighted by Gasteiger charge is -2.37. The molecule has 4 aromatic carbocycles. The van der Waals surface area contributed by atoms with Crippen LogP contribution in [0.25, 0.3) is 22.5 Å². The number of halogens is 2. The normalized spacial score (nSPS) is 14.4. The first-order chi connectivity index (χ1) is 31.4. The summed E-state index contributed by atoms with van der Waals surface area (Å²) in [4.78, 5) is 42.6. The van der Waals surface area contributed by atoms with Crippen LogP contribution in [0.3, 0.4) is 0 Å². The molecule has 6 aromatic rings. The number of aromatic nitrogens is 4. The Morgan fingerprint density at radius 1 is 0.559 bits per heavy atom. The molecular weight excluding hydrogens is 964 g/mol. The van der Waals surface area contributed by atoms with Crippen molar-refractivity contribution >= 4 is 68.9 Å². The SMILES string of the molecule is CN(C(=O)n1cnc(-c2ccc(OS(N)(=O)=O)cc2)c1)C1CCN(c2ccc(O)cc2)CC1.CN(C(=O)n1cnc(-c2ccc(OS(N)(=O)=O)cc2)c1)C1CCN(c2ccc(O)cc2)CC1.Cl.Cl. The van der Waals surface area contributed by atoms with E-state index in [0.29, 0.717) is 22.5 Å². The van der Waals surface area contributed by atoms with Gasteiger partial charge in [0, 0.05) is 87.3 Å². The summed E-state index contributed by atoms with van der Waals surface area (Å²) in [6, 6.07) is 26.6. The fourth-order valence-electron chi connectivity index (χ4n) is 7.81. The molecule has 364 valence electrons. The van der Waals surface area contributed by atoms with E-state index in [9.17, 15) is 36.6 Å². The second kappa shape index (κ2) is 22.5. The highest BCUT2D eigenvalue weighted by atomic mass is 35.5. The predicted octanol–water partition coefficient (Wildman–Crippen LogP) is 5.66. The maximum absolute atomic E-state index is 13.0. The van der Waals surface area contributed by atoms with E-state index in [1.807, 2.05) is 24.3 Å². The largest absolute Gasteiger partial charge is 0.508 e. The van der Waals surface area contributed by atoms with Crippen molar-refractivity contribution in [2.75, 3.05) is 50.1 Å². The van der Waals surface area contributed by atoms with Crippen molar-refractivity contribution in [3.63, 3.8) is 0 Å². The van der Waals surface area contributed by atoms with Gasteiger partial charge in [0.25, 0.3) is 0 Å². The Bertz CT molecular complexity index is 2640. The van der Waals surface area contributed by atoms with E-state index in [1.54, 1.807) is 84.8 Å². The number of nitrogens with two attached hydrogens (primary N) is 2.